The van der Waals surface area contributed by atoms with E-state index in [4.69, 9.17) is 28.1 Å². The van der Waals surface area contributed by atoms with E-state index in [9.17, 15) is 9.59 Å². The first-order valence-corrected chi connectivity index (χ1v) is 17.3. The van der Waals surface area contributed by atoms with Crippen molar-refractivity contribution in [2.24, 2.45) is 0 Å². The largest absolute Gasteiger partial charge is 0.494 e. The SMILES string of the molecule is CCOC(=O)CCCC1(CCCC(=O)OCC)c2cc(B3OC(C)(C)C(C)(C)O3)ccc2-c2ccc(B3OC(C)(C)C(C)(C)O3)cc21. The summed E-state index contributed by atoms with van der Waals surface area (Å²) in [6, 6.07) is 13.0. The van der Waals surface area contributed by atoms with Crippen LogP contribution in [0.1, 0.15) is 119 Å². The lowest BCUT2D eigenvalue weighted by molar-refractivity contribution is -0.144. The molecular formula is C37H52B2O8. The first-order chi connectivity index (χ1) is 22.0. The highest BCUT2D eigenvalue weighted by molar-refractivity contribution is 6.62. The number of esters is 2. The maximum absolute atomic E-state index is 12.5. The van der Waals surface area contributed by atoms with Crippen LogP contribution in [0.4, 0.5) is 0 Å². The average molecular weight is 646 g/mol. The molecule has 254 valence electrons. The van der Waals surface area contributed by atoms with Gasteiger partial charge in [-0.2, -0.15) is 0 Å². The third-order valence-corrected chi connectivity index (χ3v) is 11.0. The van der Waals surface area contributed by atoms with Gasteiger partial charge in [-0.1, -0.05) is 36.4 Å². The summed E-state index contributed by atoms with van der Waals surface area (Å²) < 4.78 is 36.5. The molecule has 3 aliphatic rings. The van der Waals surface area contributed by atoms with E-state index < -0.39 is 42.1 Å². The van der Waals surface area contributed by atoms with E-state index in [0.29, 0.717) is 51.7 Å². The van der Waals surface area contributed by atoms with Gasteiger partial charge in [0.25, 0.3) is 0 Å². The van der Waals surface area contributed by atoms with E-state index in [0.717, 1.165) is 33.2 Å². The maximum Gasteiger partial charge on any atom is 0.494 e. The minimum Gasteiger partial charge on any atom is -0.466 e. The van der Waals surface area contributed by atoms with E-state index >= 15 is 0 Å². The van der Waals surface area contributed by atoms with Crippen LogP contribution >= 0.6 is 0 Å². The van der Waals surface area contributed by atoms with Crippen molar-refractivity contribution in [3.8, 4) is 11.1 Å². The molecule has 0 atom stereocenters. The van der Waals surface area contributed by atoms with Gasteiger partial charge in [-0.3, -0.25) is 9.59 Å². The van der Waals surface area contributed by atoms with Crippen molar-refractivity contribution in [3.05, 3.63) is 47.5 Å². The maximum atomic E-state index is 12.5. The van der Waals surface area contributed by atoms with Gasteiger partial charge in [0.1, 0.15) is 0 Å². The van der Waals surface area contributed by atoms with Crippen LogP contribution in [0.15, 0.2) is 36.4 Å². The van der Waals surface area contributed by atoms with E-state index in [-0.39, 0.29) is 11.9 Å². The Hall–Kier alpha value is -2.65. The fourth-order valence-electron chi connectivity index (χ4n) is 6.98. The molecule has 8 nitrogen and oxygen atoms in total. The Labute approximate surface area is 281 Å². The minimum atomic E-state index is -0.522. The van der Waals surface area contributed by atoms with Crippen molar-refractivity contribution in [2.75, 3.05) is 13.2 Å². The predicted octanol–water partition coefficient (Wildman–Crippen LogP) is 6.02. The fourth-order valence-corrected chi connectivity index (χ4v) is 6.98. The summed E-state index contributed by atoms with van der Waals surface area (Å²) in [6.45, 7) is 20.8. The molecule has 2 heterocycles. The molecule has 0 bridgehead atoms. The van der Waals surface area contributed by atoms with Crippen molar-refractivity contribution in [3.63, 3.8) is 0 Å². The van der Waals surface area contributed by atoms with Gasteiger partial charge >= 0.3 is 26.2 Å². The highest BCUT2D eigenvalue weighted by Crippen LogP contribution is 2.54. The van der Waals surface area contributed by atoms with Crippen LogP contribution < -0.4 is 10.9 Å². The second-order valence-electron chi connectivity index (χ2n) is 15.2. The minimum absolute atomic E-state index is 0.204. The molecule has 47 heavy (non-hydrogen) atoms. The van der Waals surface area contributed by atoms with Gasteiger partial charge in [0.15, 0.2) is 0 Å². The molecule has 0 unspecified atom stereocenters. The van der Waals surface area contributed by atoms with Gasteiger partial charge in [0, 0.05) is 18.3 Å². The second-order valence-corrected chi connectivity index (χ2v) is 15.2. The number of carbonyl (C=O) groups excluding carboxylic acids is 2. The van der Waals surface area contributed by atoms with E-state index in [2.05, 4.69) is 91.8 Å². The Balaban J connectivity index is 1.61. The Morgan fingerprint density at radius 2 is 0.936 bits per heavy atom. The van der Waals surface area contributed by atoms with E-state index in [1.54, 1.807) is 0 Å². The highest BCUT2D eigenvalue weighted by Gasteiger charge is 2.54. The smallest absolute Gasteiger partial charge is 0.466 e. The van der Waals surface area contributed by atoms with Crippen molar-refractivity contribution < 1.29 is 37.7 Å². The number of rotatable bonds is 12. The van der Waals surface area contributed by atoms with Crippen LogP contribution in [0.3, 0.4) is 0 Å². The number of ether oxygens (including phenoxy) is 2. The van der Waals surface area contributed by atoms with Gasteiger partial charge in [0.05, 0.1) is 35.6 Å². The molecule has 10 heteroatoms. The number of carbonyl (C=O) groups is 2. The zero-order valence-corrected chi connectivity index (χ0v) is 30.0. The third kappa shape index (κ3) is 6.68. The average Bonchev–Trinajstić information content (AvgIpc) is 3.47. The molecule has 0 spiro atoms. The molecule has 0 amide bonds. The van der Waals surface area contributed by atoms with Crippen LogP contribution in [0.2, 0.25) is 0 Å². The van der Waals surface area contributed by atoms with E-state index in [1.807, 2.05) is 13.8 Å². The molecule has 0 N–H and O–H groups in total. The van der Waals surface area contributed by atoms with Crippen molar-refractivity contribution in [2.45, 2.75) is 136 Å². The molecule has 5 rings (SSSR count). The fraction of sp³-hybridized carbons (Fsp3) is 0.622. The summed E-state index contributed by atoms with van der Waals surface area (Å²) >= 11 is 0. The monoisotopic (exact) mass is 646 g/mol. The lowest BCUT2D eigenvalue weighted by atomic mass is 9.67. The Morgan fingerprint density at radius 1 is 0.596 bits per heavy atom. The molecule has 2 saturated heterocycles. The number of hydrogen-bond donors (Lipinski definition) is 0. The summed E-state index contributed by atoms with van der Waals surface area (Å²) in [4.78, 5) is 25.1. The van der Waals surface area contributed by atoms with Gasteiger partial charge in [-0.15, -0.1) is 0 Å². The Morgan fingerprint density at radius 3 is 1.26 bits per heavy atom. The molecule has 2 aliphatic heterocycles. The topological polar surface area (TPSA) is 89.5 Å². The predicted molar refractivity (Wildman–Crippen MR) is 185 cm³/mol. The summed E-state index contributed by atoms with van der Waals surface area (Å²) in [5.74, 6) is -0.408. The molecule has 2 aromatic carbocycles. The molecule has 1 aliphatic carbocycles. The first kappa shape index (κ1) is 35.7. The second kappa shape index (κ2) is 13.0. The van der Waals surface area contributed by atoms with E-state index in [1.165, 1.54) is 0 Å². The van der Waals surface area contributed by atoms with Gasteiger partial charge in [0.2, 0.25) is 0 Å². The number of hydrogen-bond acceptors (Lipinski definition) is 8. The van der Waals surface area contributed by atoms with Crippen LogP contribution in [0.5, 0.6) is 0 Å². The summed E-state index contributed by atoms with van der Waals surface area (Å²) in [7, 11) is -1.04. The summed E-state index contributed by atoms with van der Waals surface area (Å²) in [5, 5.41) is 0. The molecule has 2 aromatic rings. The normalized spacial score (nSPS) is 21.0. The zero-order chi connectivity index (χ0) is 34.4. The lowest BCUT2D eigenvalue weighted by Crippen LogP contribution is -2.41. The standard InChI is InChI=1S/C37H52B2O8/c1-11-42-31(40)15-13-21-37(22-14-16-32(41)43-12-2)29-23-25(38-44-33(3,4)34(5,6)45-38)17-19-27(29)28-20-18-26(24-30(28)37)39-46-35(7,8)36(9,10)47-39/h17-20,23-24H,11-16,21-22H2,1-10H3. The molecule has 0 radical (unpaired) electrons. The zero-order valence-electron chi connectivity index (χ0n) is 30.0. The Kier molecular flexibility index (Phi) is 9.86. The molecule has 2 fully saturated rings. The number of fused-ring (bicyclic) bond motifs is 3. The van der Waals surface area contributed by atoms with Crippen LogP contribution in [0.25, 0.3) is 11.1 Å². The third-order valence-electron chi connectivity index (χ3n) is 11.0. The summed E-state index contributed by atoms with van der Waals surface area (Å²) in [5.41, 5.74) is 4.05. The van der Waals surface area contributed by atoms with Gasteiger partial charge < -0.3 is 28.1 Å². The lowest BCUT2D eigenvalue weighted by Gasteiger charge is -2.33. The van der Waals surface area contributed by atoms with Crippen molar-refractivity contribution >= 4 is 37.1 Å². The molecule has 0 saturated carbocycles. The van der Waals surface area contributed by atoms with Crippen LogP contribution in [-0.4, -0.2) is 61.8 Å². The molecular weight excluding hydrogens is 594 g/mol. The van der Waals surface area contributed by atoms with Crippen LogP contribution in [-0.2, 0) is 43.1 Å². The Bertz CT molecular complexity index is 1350. The first-order valence-electron chi connectivity index (χ1n) is 17.3. The summed E-state index contributed by atoms with van der Waals surface area (Å²) in [6.07, 6.45) is 3.25. The van der Waals surface area contributed by atoms with Crippen molar-refractivity contribution in [1.29, 1.82) is 0 Å². The van der Waals surface area contributed by atoms with Gasteiger partial charge in [-0.05, 0) is 128 Å². The highest BCUT2D eigenvalue weighted by atomic mass is 16.7. The van der Waals surface area contributed by atoms with Crippen molar-refractivity contribution in [1.82, 2.24) is 0 Å². The quantitative estimate of drug-likeness (QED) is 0.205. The van der Waals surface area contributed by atoms with Gasteiger partial charge in [-0.25, -0.2) is 0 Å². The number of benzene rings is 2. The van der Waals surface area contributed by atoms with Crippen LogP contribution in [0, 0.1) is 0 Å². The molecule has 0 aromatic heterocycles.